The Kier molecular flexibility index (Phi) is 4.16. The van der Waals surface area contributed by atoms with Gasteiger partial charge >= 0.3 is 5.97 Å². The van der Waals surface area contributed by atoms with Crippen LogP contribution in [-0.2, 0) is 4.79 Å². The number of hydrogen-bond donors (Lipinski definition) is 2. The fraction of sp³-hybridized carbons (Fsp3) is 0.143. The highest BCUT2D eigenvalue weighted by Crippen LogP contribution is 2.22. The van der Waals surface area contributed by atoms with E-state index >= 15 is 0 Å². The van der Waals surface area contributed by atoms with Crippen LogP contribution in [0.3, 0.4) is 0 Å². The number of benzene rings is 1. The van der Waals surface area contributed by atoms with Gasteiger partial charge in [0.15, 0.2) is 6.04 Å². The first-order chi connectivity index (χ1) is 9.08. The average molecular weight is 321 g/mol. The molecule has 0 saturated heterocycles. The molecule has 19 heavy (non-hydrogen) atoms. The predicted octanol–water partition coefficient (Wildman–Crippen LogP) is 3.39. The van der Waals surface area contributed by atoms with Gasteiger partial charge in [-0.25, -0.2) is 4.79 Å². The van der Waals surface area contributed by atoms with E-state index in [-0.39, 0.29) is 0 Å². The summed E-state index contributed by atoms with van der Waals surface area (Å²) in [5.74, 6) is -0.960. The third-order valence-corrected chi connectivity index (χ3v) is 3.21. The molecule has 0 aliphatic rings. The van der Waals surface area contributed by atoms with Gasteiger partial charge in [-0.15, -0.1) is 0 Å². The summed E-state index contributed by atoms with van der Waals surface area (Å²) in [5, 5.41) is 12.3. The molecule has 0 bridgehead atoms. The molecule has 2 N–H and O–H groups in total. The van der Waals surface area contributed by atoms with Crippen molar-refractivity contribution in [3.05, 3.63) is 58.3 Å². The second kappa shape index (κ2) is 5.84. The van der Waals surface area contributed by atoms with Crippen LogP contribution in [0.15, 0.2) is 47.1 Å². The lowest BCUT2D eigenvalue weighted by Crippen LogP contribution is -2.21. The number of hydrogen-bond acceptors (Lipinski definition) is 3. The van der Waals surface area contributed by atoms with E-state index in [9.17, 15) is 9.90 Å². The van der Waals surface area contributed by atoms with Crippen LogP contribution < -0.4 is 5.32 Å². The van der Waals surface area contributed by atoms with Crippen molar-refractivity contribution in [2.24, 2.45) is 0 Å². The van der Waals surface area contributed by atoms with E-state index in [2.05, 4.69) is 26.2 Å². The Balaban J connectivity index is 2.29. The Bertz CT molecular complexity index is 584. The summed E-state index contributed by atoms with van der Waals surface area (Å²) < 4.78 is 0.816. The number of para-hydroxylation sites is 1. The number of rotatable bonds is 4. The lowest BCUT2D eigenvalue weighted by atomic mass is 10.1. The Morgan fingerprint density at radius 1 is 1.32 bits per heavy atom. The monoisotopic (exact) mass is 320 g/mol. The number of aryl methyl sites for hydroxylation is 1. The molecule has 4 nitrogen and oxygen atoms in total. The van der Waals surface area contributed by atoms with Crippen molar-refractivity contribution >= 4 is 27.6 Å². The molecule has 98 valence electrons. The topological polar surface area (TPSA) is 62.2 Å². The summed E-state index contributed by atoms with van der Waals surface area (Å²) in [5.41, 5.74) is 2.25. The molecule has 0 spiro atoms. The van der Waals surface area contributed by atoms with Crippen LogP contribution in [0.25, 0.3) is 0 Å². The van der Waals surface area contributed by atoms with E-state index < -0.39 is 12.0 Å². The van der Waals surface area contributed by atoms with Gasteiger partial charge in [0.2, 0.25) is 0 Å². The molecular formula is C14H13BrN2O2. The van der Waals surface area contributed by atoms with Crippen molar-refractivity contribution in [3.63, 3.8) is 0 Å². The van der Waals surface area contributed by atoms with E-state index in [0.29, 0.717) is 5.69 Å². The first-order valence-corrected chi connectivity index (χ1v) is 6.53. The van der Waals surface area contributed by atoms with Crippen molar-refractivity contribution in [1.82, 2.24) is 4.98 Å². The molecular weight excluding hydrogens is 308 g/mol. The minimum atomic E-state index is -0.960. The maximum absolute atomic E-state index is 11.4. The molecule has 0 aliphatic heterocycles. The van der Waals surface area contributed by atoms with Gasteiger partial charge in [0.1, 0.15) is 0 Å². The summed E-state index contributed by atoms with van der Waals surface area (Å²) in [7, 11) is 0. The number of carbonyl (C=O) groups is 1. The van der Waals surface area contributed by atoms with Crippen molar-refractivity contribution in [1.29, 1.82) is 0 Å². The number of nitrogens with zero attached hydrogens (tertiary/aromatic N) is 1. The van der Waals surface area contributed by atoms with Crippen LogP contribution in [0.5, 0.6) is 0 Å². The number of halogens is 1. The second-order valence-corrected chi connectivity index (χ2v) is 5.05. The van der Waals surface area contributed by atoms with Gasteiger partial charge in [0.05, 0.1) is 5.69 Å². The SMILES string of the molecule is Cc1ccccc1NC(C(=O)O)c1ccc(Br)cn1. The van der Waals surface area contributed by atoms with Crippen LogP contribution in [0.1, 0.15) is 17.3 Å². The molecule has 1 aromatic carbocycles. The molecule has 2 aromatic rings. The standard InChI is InChI=1S/C14H13BrN2O2/c1-9-4-2-3-5-11(9)17-13(14(18)19)12-7-6-10(15)8-16-12/h2-8,13,17H,1H3,(H,18,19). The lowest BCUT2D eigenvalue weighted by Gasteiger charge is -2.16. The quantitative estimate of drug-likeness (QED) is 0.906. The van der Waals surface area contributed by atoms with Gasteiger partial charge in [-0.2, -0.15) is 0 Å². The van der Waals surface area contributed by atoms with Crippen LogP contribution in [-0.4, -0.2) is 16.1 Å². The molecule has 0 fully saturated rings. The van der Waals surface area contributed by atoms with E-state index in [1.54, 1.807) is 18.3 Å². The highest BCUT2D eigenvalue weighted by atomic mass is 79.9. The Morgan fingerprint density at radius 2 is 2.05 bits per heavy atom. The normalized spacial score (nSPS) is 11.9. The van der Waals surface area contributed by atoms with Crippen LogP contribution in [0, 0.1) is 6.92 Å². The molecule has 2 rings (SSSR count). The number of aliphatic carboxylic acids is 1. The zero-order valence-electron chi connectivity index (χ0n) is 10.3. The number of anilines is 1. The Morgan fingerprint density at radius 3 is 2.63 bits per heavy atom. The molecule has 1 unspecified atom stereocenters. The van der Waals surface area contributed by atoms with Crippen molar-refractivity contribution < 1.29 is 9.90 Å². The fourth-order valence-electron chi connectivity index (χ4n) is 1.71. The minimum absolute atomic E-state index is 0.471. The first-order valence-electron chi connectivity index (χ1n) is 5.74. The number of carboxylic acid groups (broad SMARTS) is 1. The lowest BCUT2D eigenvalue weighted by molar-refractivity contribution is -0.138. The predicted molar refractivity (Wildman–Crippen MR) is 77.1 cm³/mol. The van der Waals surface area contributed by atoms with Gasteiger partial charge in [-0.1, -0.05) is 18.2 Å². The van der Waals surface area contributed by atoms with Gasteiger partial charge in [-0.3, -0.25) is 4.98 Å². The average Bonchev–Trinajstić information content (AvgIpc) is 2.39. The van der Waals surface area contributed by atoms with Gasteiger partial charge in [0, 0.05) is 16.4 Å². The molecule has 0 aliphatic carbocycles. The smallest absolute Gasteiger partial charge is 0.332 e. The molecule has 1 aromatic heterocycles. The fourth-order valence-corrected chi connectivity index (χ4v) is 1.95. The molecule has 0 saturated carbocycles. The Labute approximate surface area is 119 Å². The van der Waals surface area contributed by atoms with Crippen LogP contribution >= 0.6 is 15.9 Å². The van der Waals surface area contributed by atoms with Crippen molar-refractivity contribution in [3.8, 4) is 0 Å². The van der Waals surface area contributed by atoms with E-state index in [1.165, 1.54) is 0 Å². The van der Waals surface area contributed by atoms with E-state index in [1.807, 2.05) is 31.2 Å². The number of carboxylic acids is 1. The van der Waals surface area contributed by atoms with Crippen LogP contribution in [0.4, 0.5) is 5.69 Å². The largest absolute Gasteiger partial charge is 0.479 e. The van der Waals surface area contributed by atoms with Crippen LogP contribution in [0.2, 0.25) is 0 Å². The number of pyridine rings is 1. The molecule has 1 atom stereocenters. The van der Waals surface area contributed by atoms with E-state index in [4.69, 9.17) is 0 Å². The third-order valence-electron chi connectivity index (χ3n) is 2.74. The first kappa shape index (κ1) is 13.5. The summed E-state index contributed by atoms with van der Waals surface area (Å²) in [6, 6.07) is 10.2. The van der Waals surface area contributed by atoms with Crippen molar-refractivity contribution in [2.45, 2.75) is 13.0 Å². The Hall–Kier alpha value is -1.88. The van der Waals surface area contributed by atoms with E-state index in [0.717, 1.165) is 15.7 Å². The van der Waals surface area contributed by atoms with Crippen molar-refractivity contribution in [2.75, 3.05) is 5.32 Å². The highest BCUT2D eigenvalue weighted by Gasteiger charge is 2.21. The summed E-state index contributed by atoms with van der Waals surface area (Å²) in [4.78, 5) is 15.5. The van der Waals surface area contributed by atoms with Gasteiger partial charge in [-0.05, 0) is 46.6 Å². The highest BCUT2D eigenvalue weighted by molar-refractivity contribution is 9.10. The molecule has 0 radical (unpaired) electrons. The third kappa shape index (κ3) is 3.32. The minimum Gasteiger partial charge on any atom is -0.479 e. The maximum Gasteiger partial charge on any atom is 0.332 e. The van der Waals surface area contributed by atoms with Gasteiger partial charge in [0.25, 0.3) is 0 Å². The summed E-state index contributed by atoms with van der Waals surface area (Å²) >= 11 is 3.28. The maximum atomic E-state index is 11.4. The molecule has 1 heterocycles. The van der Waals surface area contributed by atoms with Gasteiger partial charge < -0.3 is 10.4 Å². The zero-order valence-corrected chi connectivity index (χ0v) is 11.9. The number of aromatic nitrogens is 1. The second-order valence-electron chi connectivity index (χ2n) is 4.13. The molecule has 0 amide bonds. The molecule has 5 heteroatoms. The number of nitrogens with one attached hydrogen (secondary N) is 1. The summed E-state index contributed by atoms with van der Waals surface area (Å²) in [6.07, 6.45) is 1.59. The zero-order chi connectivity index (χ0) is 13.8. The summed E-state index contributed by atoms with van der Waals surface area (Å²) in [6.45, 7) is 1.93.